The van der Waals surface area contributed by atoms with Crippen LogP contribution < -0.4 is 5.32 Å². The average molecular weight is 277 g/mol. The summed E-state index contributed by atoms with van der Waals surface area (Å²) in [5.74, 6) is 1.16. The normalized spacial score (nSPS) is 19.5. The smallest absolute Gasteiger partial charge is 0.259 e. The number of hydrogen-bond acceptors (Lipinski definition) is 6. The Labute approximate surface area is 115 Å². The number of rotatable bonds is 3. The van der Waals surface area contributed by atoms with Gasteiger partial charge >= 0.3 is 0 Å². The molecule has 0 aliphatic carbocycles. The maximum absolute atomic E-state index is 5.62. The fourth-order valence-electron chi connectivity index (χ4n) is 2.03. The van der Waals surface area contributed by atoms with E-state index in [4.69, 9.17) is 9.26 Å². The molecular formula is C13H15N3O2S. The Morgan fingerprint density at radius 3 is 3.05 bits per heavy atom. The van der Waals surface area contributed by atoms with Gasteiger partial charge in [0.05, 0.1) is 12.2 Å². The van der Waals surface area contributed by atoms with Gasteiger partial charge in [-0.1, -0.05) is 17.3 Å². The Kier molecular flexibility index (Phi) is 3.82. The van der Waals surface area contributed by atoms with E-state index in [0.717, 1.165) is 23.5 Å². The van der Waals surface area contributed by atoms with Gasteiger partial charge < -0.3 is 14.6 Å². The second-order valence-corrected chi connectivity index (χ2v) is 5.07. The van der Waals surface area contributed by atoms with Crippen molar-refractivity contribution in [3.05, 3.63) is 30.1 Å². The molecule has 1 aromatic heterocycles. The SMILES string of the molecule is CSc1ccccc1-c1nc(C2CNCCO2)no1. The van der Waals surface area contributed by atoms with Gasteiger partial charge in [-0.05, 0) is 18.4 Å². The molecule has 0 spiro atoms. The maximum Gasteiger partial charge on any atom is 0.259 e. The molecule has 2 heterocycles. The minimum Gasteiger partial charge on any atom is -0.367 e. The monoisotopic (exact) mass is 277 g/mol. The van der Waals surface area contributed by atoms with Crippen LogP contribution in [0.1, 0.15) is 11.9 Å². The summed E-state index contributed by atoms with van der Waals surface area (Å²) in [5.41, 5.74) is 0.970. The standard InChI is InChI=1S/C13H15N3O2S/c1-19-11-5-3-2-4-9(11)13-15-12(16-18-13)10-8-14-6-7-17-10/h2-5,10,14H,6-8H2,1H3. The quantitative estimate of drug-likeness (QED) is 0.867. The van der Waals surface area contributed by atoms with Crippen LogP contribution in [0, 0.1) is 0 Å². The van der Waals surface area contributed by atoms with Crippen molar-refractivity contribution in [1.82, 2.24) is 15.5 Å². The van der Waals surface area contributed by atoms with E-state index in [0.29, 0.717) is 18.3 Å². The third-order valence-corrected chi connectivity index (χ3v) is 3.79. The number of nitrogens with one attached hydrogen (secondary N) is 1. The summed E-state index contributed by atoms with van der Waals surface area (Å²) in [6.45, 7) is 2.27. The first-order valence-electron chi connectivity index (χ1n) is 6.18. The highest BCUT2D eigenvalue weighted by atomic mass is 32.2. The van der Waals surface area contributed by atoms with Gasteiger partial charge in [-0.25, -0.2) is 0 Å². The molecule has 6 heteroatoms. The highest BCUT2D eigenvalue weighted by Gasteiger charge is 2.22. The van der Waals surface area contributed by atoms with Crippen LogP contribution in [-0.2, 0) is 4.74 Å². The van der Waals surface area contributed by atoms with Gasteiger partial charge in [-0.3, -0.25) is 0 Å². The average Bonchev–Trinajstić information content (AvgIpc) is 2.98. The van der Waals surface area contributed by atoms with E-state index >= 15 is 0 Å². The lowest BCUT2D eigenvalue weighted by Crippen LogP contribution is -2.33. The third-order valence-electron chi connectivity index (χ3n) is 2.99. The number of nitrogens with zero attached hydrogens (tertiary/aromatic N) is 2. The molecule has 0 bridgehead atoms. The molecule has 0 saturated carbocycles. The fourth-order valence-corrected chi connectivity index (χ4v) is 2.62. The molecule has 5 nitrogen and oxygen atoms in total. The van der Waals surface area contributed by atoms with Crippen LogP contribution in [0.2, 0.25) is 0 Å². The Bertz CT molecular complexity index is 552. The number of aromatic nitrogens is 2. The Balaban J connectivity index is 1.88. The Hall–Kier alpha value is -1.37. The van der Waals surface area contributed by atoms with E-state index < -0.39 is 0 Å². The van der Waals surface area contributed by atoms with Crippen LogP contribution >= 0.6 is 11.8 Å². The summed E-state index contributed by atoms with van der Waals surface area (Å²) in [7, 11) is 0. The summed E-state index contributed by atoms with van der Waals surface area (Å²) < 4.78 is 11.0. The Morgan fingerprint density at radius 2 is 2.26 bits per heavy atom. The zero-order valence-electron chi connectivity index (χ0n) is 10.6. The van der Waals surface area contributed by atoms with E-state index in [9.17, 15) is 0 Å². The zero-order chi connectivity index (χ0) is 13.1. The van der Waals surface area contributed by atoms with Gasteiger partial charge in [0, 0.05) is 18.0 Å². The van der Waals surface area contributed by atoms with Gasteiger partial charge in [0.15, 0.2) is 0 Å². The summed E-state index contributed by atoms with van der Waals surface area (Å²) in [6, 6.07) is 8.00. The molecule has 1 saturated heterocycles. The molecular weight excluding hydrogens is 262 g/mol. The third kappa shape index (κ3) is 2.65. The highest BCUT2D eigenvalue weighted by molar-refractivity contribution is 7.98. The van der Waals surface area contributed by atoms with Crippen LogP contribution in [0.4, 0.5) is 0 Å². The van der Waals surface area contributed by atoms with Crippen LogP contribution in [0.25, 0.3) is 11.5 Å². The van der Waals surface area contributed by atoms with Crippen molar-refractivity contribution in [2.75, 3.05) is 26.0 Å². The van der Waals surface area contributed by atoms with Crippen molar-refractivity contribution in [3.63, 3.8) is 0 Å². The van der Waals surface area contributed by atoms with Crippen molar-refractivity contribution >= 4 is 11.8 Å². The molecule has 1 N–H and O–H groups in total. The van der Waals surface area contributed by atoms with Gasteiger partial charge in [0.1, 0.15) is 6.10 Å². The first-order chi connectivity index (χ1) is 9.38. The molecule has 1 aliphatic heterocycles. The lowest BCUT2D eigenvalue weighted by molar-refractivity contribution is 0.0208. The first-order valence-corrected chi connectivity index (χ1v) is 7.40. The minimum absolute atomic E-state index is 0.118. The van der Waals surface area contributed by atoms with E-state index in [1.165, 1.54) is 0 Å². The summed E-state index contributed by atoms with van der Waals surface area (Å²) in [4.78, 5) is 5.58. The van der Waals surface area contributed by atoms with Crippen LogP contribution in [0.15, 0.2) is 33.7 Å². The molecule has 100 valence electrons. The predicted octanol–water partition coefficient (Wildman–Crippen LogP) is 2.12. The fraction of sp³-hybridized carbons (Fsp3) is 0.385. The van der Waals surface area contributed by atoms with Crippen LogP contribution in [0.5, 0.6) is 0 Å². The molecule has 1 unspecified atom stereocenters. The summed E-state index contributed by atoms with van der Waals surface area (Å²) in [6.07, 6.45) is 1.91. The number of hydrogen-bond donors (Lipinski definition) is 1. The van der Waals surface area contributed by atoms with Crippen LogP contribution in [0.3, 0.4) is 0 Å². The van der Waals surface area contributed by atoms with E-state index in [2.05, 4.69) is 15.5 Å². The molecule has 0 radical (unpaired) electrons. The summed E-state index contributed by atoms with van der Waals surface area (Å²) in [5, 5.41) is 7.29. The number of benzene rings is 1. The summed E-state index contributed by atoms with van der Waals surface area (Å²) >= 11 is 1.66. The molecule has 1 aromatic carbocycles. The maximum atomic E-state index is 5.62. The minimum atomic E-state index is -0.118. The lowest BCUT2D eigenvalue weighted by atomic mass is 10.2. The molecule has 19 heavy (non-hydrogen) atoms. The van der Waals surface area contributed by atoms with Crippen LogP contribution in [-0.4, -0.2) is 36.1 Å². The second kappa shape index (κ2) is 5.73. The number of morpholine rings is 1. The second-order valence-electron chi connectivity index (χ2n) is 4.22. The largest absolute Gasteiger partial charge is 0.367 e. The van der Waals surface area contributed by atoms with E-state index in [-0.39, 0.29) is 6.10 Å². The molecule has 3 rings (SSSR count). The molecule has 0 amide bonds. The zero-order valence-corrected chi connectivity index (χ0v) is 11.4. The lowest BCUT2D eigenvalue weighted by Gasteiger charge is -2.20. The molecule has 2 aromatic rings. The topological polar surface area (TPSA) is 60.2 Å². The number of ether oxygens (including phenoxy) is 1. The van der Waals surface area contributed by atoms with Gasteiger partial charge in [0.25, 0.3) is 5.89 Å². The van der Waals surface area contributed by atoms with Gasteiger partial charge in [-0.15, -0.1) is 11.8 Å². The van der Waals surface area contributed by atoms with Gasteiger partial charge in [-0.2, -0.15) is 4.98 Å². The van der Waals surface area contributed by atoms with E-state index in [1.54, 1.807) is 11.8 Å². The highest BCUT2D eigenvalue weighted by Crippen LogP contribution is 2.29. The van der Waals surface area contributed by atoms with Gasteiger partial charge in [0.2, 0.25) is 5.82 Å². The van der Waals surface area contributed by atoms with Crippen molar-refractivity contribution in [2.24, 2.45) is 0 Å². The van der Waals surface area contributed by atoms with Crippen molar-refractivity contribution < 1.29 is 9.26 Å². The Morgan fingerprint density at radius 1 is 1.37 bits per heavy atom. The first kappa shape index (κ1) is 12.7. The predicted molar refractivity (Wildman–Crippen MR) is 73.1 cm³/mol. The van der Waals surface area contributed by atoms with E-state index in [1.807, 2.05) is 30.5 Å². The number of thioether (sulfide) groups is 1. The molecule has 1 atom stereocenters. The molecule has 1 fully saturated rings. The van der Waals surface area contributed by atoms with Crippen molar-refractivity contribution in [3.8, 4) is 11.5 Å². The van der Waals surface area contributed by atoms with Crippen molar-refractivity contribution in [2.45, 2.75) is 11.0 Å². The van der Waals surface area contributed by atoms with Crippen molar-refractivity contribution in [1.29, 1.82) is 0 Å². The molecule has 1 aliphatic rings.